The molecule has 4 fully saturated rings. The molecular formula is C39H56O4. The summed E-state index contributed by atoms with van der Waals surface area (Å²) in [5, 5.41) is 0. The topological polar surface area (TPSA) is 52.6 Å². The van der Waals surface area contributed by atoms with Gasteiger partial charge in [0.2, 0.25) is 0 Å². The second-order valence-electron chi connectivity index (χ2n) is 17.6. The number of carbonyl (C=O) groups excluding carboxylic acids is 2. The summed E-state index contributed by atoms with van der Waals surface area (Å²) in [6.07, 6.45) is 13.1. The quantitative estimate of drug-likeness (QED) is 0.260. The summed E-state index contributed by atoms with van der Waals surface area (Å²) in [4.78, 5) is 26.3. The second-order valence-corrected chi connectivity index (χ2v) is 17.6. The number of rotatable bonds is 4. The smallest absolute Gasteiger partial charge is 0.313 e. The zero-order chi connectivity index (χ0) is 31.1. The van der Waals surface area contributed by atoms with E-state index in [1.54, 1.807) is 12.5 Å². The van der Waals surface area contributed by atoms with Gasteiger partial charge in [0.05, 0.1) is 5.41 Å². The number of allylic oxidation sites excluding steroid dienone is 2. The minimum atomic E-state index is -0.423. The molecular weight excluding hydrogens is 532 g/mol. The summed E-state index contributed by atoms with van der Waals surface area (Å²) in [5.74, 6) is 1.26. The SMILES string of the molecule is CC(=O)O[C@@H]1CC(C)(C)C2CC[C@]3(C)C(CC=C4C5CC(C)(C)CC[C@]5(C(=O)OCc5ccccc5)CC[C@]43C)[C@@]2(C)C1. The average molecular weight is 589 g/mol. The van der Waals surface area contributed by atoms with Crippen molar-refractivity contribution in [2.24, 2.45) is 50.2 Å². The maximum atomic E-state index is 14.2. The molecule has 4 heteroatoms. The lowest BCUT2D eigenvalue weighted by molar-refractivity contribution is -0.207. The molecule has 5 aliphatic rings. The Morgan fingerprint density at radius 2 is 1.53 bits per heavy atom. The highest BCUT2D eigenvalue weighted by Crippen LogP contribution is 2.76. The number of ether oxygens (including phenoxy) is 2. The van der Waals surface area contributed by atoms with Crippen molar-refractivity contribution in [2.75, 3.05) is 0 Å². The van der Waals surface area contributed by atoms with Crippen LogP contribution >= 0.6 is 0 Å². The maximum Gasteiger partial charge on any atom is 0.313 e. The van der Waals surface area contributed by atoms with Crippen LogP contribution in [0.25, 0.3) is 0 Å². The lowest BCUT2D eigenvalue weighted by Gasteiger charge is -2.71. The molecule has 0 N–H and O–H groups in total. The van der Waals surface area contributed by atoms with Crippen LogP contribution in [0.5, 0.6) is 0 Å². The Kier molecular flexibility index (Phi) is 7.34. The van der Waals surface area contributed by atoms with Gasteiger partial charge in [0.15, 0.2) is 0 Å². The van der Waals surface area contributed by atoms with Gasteiger partial charge >= 0.3 is 11.9 Å². The maximum absolute atomic E-state index is 14.2. The molecule has 0 aliphatic heterocycles. The van der Waals surface area contributed by atoms with Crippen LogP contribution in [0, 0.1) is 50.2 Å². The zero-order valence-electron chi connectivity index (χ0n) is 28.2. The molecule has 0 spiro atoms. The Balaban J connectivity index is 1.36. The van der Waals surface area contributed by atoms with Gasteiger partial charge in [0, 0.05) is 6.92 Å². The highest BCUT2D eigenvalue weighted by Gasteiger charge is 2.69. The van der Waals surface area contributed by atoms with Gasteiger partial charge in [-0.15, -0.1) is 0 Å². The Morgan fingerprint density at radius 1 is 0.837 bits per heavy atom. The molecule has 0 saturated heterocycles. The van der Waals surface area contributed by atoms with E-state index in [2.05, 4.69) is 54.5 Å². The summed E-state index contributed by atoms with van der Waals surface area (Å²) in [5.41, 5.74) is 2.83. The predicted octanol–water partition coefficient (Wildman–Crippen LogP) is 9.46. The van der Waals surface area contributed by atoms with Gasteiger partial charge in [-0.2, -0.15) is 0 Å². The Bertz CT molecular complexity index is 1290. The fourth-order valence-electron chi connectivity index (χ4n) is 12.0. The minimum absolute atomic E-state index is 0.00758. The van der Waals surface area contributed by atoms with Crippen LogP contribution in [-0.4, -0.2) is 18.0 Å². The van der Waals surface area contributed by atoms with E-state index in [-0.39, 0.29) is 51.0 Å². The van der Waals surface area contributed by atoms with Gasteiger partial charge in [-0.25, -0.2) is 0 Å². The molecule has 4 saturated carbocycles. The molecule has 1 aromatic carbocycles. The largest absolute Gasteiger partial charge is 0.463 e. The normalized spacial score (nSPS) is 42.7. The molecule has 0 aromatic heterocycles. The van der Waals surface area contributed by atoms with E-state index in [0.717, 1.165) is 56.9 Å². The molecule has 1 aromatic rings. The summed E-state index contributed by atoms with van der Waals surface area (Å²) in [6, 6.07) is 10.1. The molecule has 0 amide bonds. The predicted molar refractivity (Wildman–Crippen MR) is 171 cm³/mol. The first kappa shape index (κ1) is 30.9. The number of hydrogen-bond donors (Lipinski definition) is 0. The second kappa shape index (κ2) is 10.2. The first-order chi connectivity index (χ1) is 20.1. The van der Waals surface area contributed by atoms with Crippen LogP contribution in [0.15, 0.2) is 42.0 Å². The number of esters is 2. The summed E-state index contributed by atoms with van der Waals surface area (Å²) in [7, 11) is 0. The lowest BCUT2D eigenvalue weighted by atomic mass is 9.33. The molecule has 236 valence electrons. The van der Waals surface area contributed by atoms with Crippen LogP contribution in [0.4, 0.5) is 0 Å². The Labute approximate surface area is 260 Å². The van der Waals surface area contributed by atoms with Gasteiger partial charge in [0.25, 0.3) is 0 Å². The number of carbonyl (C=O) groups is 2. The third kappa shape index (κ3) is 4.75. The van der Waals surface area contributed by atoms with Crippen LogP contribution < -0.4 is 0 Å². The molecule has 3 unspecified atom stereocenters. The van der Waals surface area contributed by atoms with Crippen LogP contribution in [0.3, 0.4) is 0 Å². The molecule has 0 radical (unpaired) electrons. The number of benzene rings is 1. The van der Waals surface area contributed by atoms with Gasteiger partial charge in [0.1, 0.15) is 12.7 Å². The van der Waals surface area contributed by atoms with E-state index in [1.807, 2.05) is 30.3 Å². The van der Waals surface area contributed by atoms with Crippen molar-refractivity contribution in [3.05, 3.63) is 47.5 Å². The molecule has 43 heavy (non-hydrogen) atoms. The Hall–Kier alpha value is -2.10. The monoisotopic (exact) mass is 588 g/mol. The van der Waals surface area contributed by atoms with Crippen molar-refractivity contribution in [3.8, 4) is 0 Å². The minimum Gasteiger partial charge on any atom is -0.463 e. The zero-order valence-corrected chi connectivity index (χ0v) is 28.2. The van der Waals surface area contributed by atoms with E-state index >= 15 is 0 Å². The van der Waals surface area contributed by atoms with Crippen molar-refractivity contribution in [1.29, 1.82) is 0 Å². The molecule has 5 aliphatic carbocycles. The third-order valence-corrected chi connectivity index (χ3v) is 14.2. The summed E-state index contributed by atoms with van der Waals surface area (Å²) >= 11 is 0. The molecule has 6 rings (SSSR count). The van der Waals surface area contributed by atoms with Crippen LogP contribution in [0.1, 0.15) is 125 Å². The van der Waals surface area contributed by atoms with Crippen molar-refractivity contribution in [3.63, 3.8) is 0 Å². The molecule has 8 atom stereocenters. The summed E-state index contributed by atoms with van der Waals surface area (Å²) in [6.45, 7) is 19.3. The highest BCUT2D eigenvalue weighted by atomic mass is 16.5. The van der Waals surface area contributed by atoms with E-state index in [0.29, 0.717) is 18.4 Å². The van der Waals surface area contributed by atoms with E-state index in [4.69, 9.17) is 9.47 Å². The van der Waals surface area contributed by atoms with Crippen molar-refractivity contribution < 1.29 is 19.1 Å². The van der Waals surface area contributed by atoms with Crippen molar-refractivity contribution in [2.45, 2.75) is 132 Å². The van der Waals surface area contributed by atoms with Crippen molar-refractivity contribution in [1.82, 2.24) is 0 Å². The highest BCUT2D eigenvalue weighted by molar-refractivity contribution is 5.79. The van der Waals surface area contributed by atoms with Crippen LogP contribution in [0.2, 0.25) is 0 Å². The van der Waals surface area contributed by atoms with E-state index < -0.39 is 5.41 Å². The summed E-state index contributed by atoms with van der Waals surface area (Å²) < 4.78 is 12.2. The molecule has 0 bridgehead atoms. The average Bonchev–Trinajstić information content (AvgIpc) is 2.91. The Morgan fingerprint density at radius 3 is 2.23 bits per heavy atom. The fourth-order valence-corrected chi connectivity index (χ4v) is 12.0. The number of fused-ring (bicyclic) bond motifs is 7. The molecule has 4 nitrogen and oxygen atoms in total. The van der Waals surface area contributed by atoms with Gasteiger partial charge in [-0.1, -0.05) is 90.4 Å². The first-order valence-corrected chi connectivity index (χ1v) is 17.2. The lowest BCUT2D eigenvalue weighted by Crippen LogP contribution is -2.65. The van der Waals surface area contributed by atoms with Gasteiger partial charge in [-0.05, 0) is 115 Å². The molecule has 0 heterocycles. The third-order valence-electron chi connectivity index (χ3n) is 14.2. The van der Waals surface area contributed by atoms with Gasteiger partial charge in [-0.3, -0.25) is 9.59 Å². The van der Waals surface area contributed by atoms with Crippen LogP contribution in [-0.2, 0) is 25.7 Å². The standard InChI is InChI=1S/C39H56O4/c1-26(40)43-28-22-35(4,5)31-16-17-38(8)32(36(31,6)23-28)15-14-29-30-24-34(2,3)18-20-39(30,21-19-37(29,38)7)33(41)42-25-27-12-10-9-11-13-27/h9-14,28,30-32H,15-25H2,1-8H3/t28-,30?,31?,32?,36+,37-,38-,39+/m1/s1. The number of hydrogen-bond acceptors (Lipinski definition) is 4. The van der Waals surface area contributed by atoms with Crippen molar-refractivity contribution >= 4 is 11.9 Å². The fraction of sp³-hybridized carbons (Fsp3) is 0.744. The van der Waals surface area contributed by atoms with E-state index in [9.17, 15) is 9.59 Å². The van der Waals surface area contributed by atoms with Gasteiger partial charge < -0.3 is 9.47 Å². The van der Waals surface area contributed by atoms with E-state index in [1.165, 1.54) is 12.8 Å². The first-order valence-electron chi connectivity index (χ1n) is 17.2.